The fourth-order valence-electron chi connectivity index (χ4n) is 3.25. The number of carbonyl (C=O) groups is 1. The topological polar surface area (TPSA) is 33.5 Å². The minimum absolute atomic E-state index is 0.0599. The molecule has 0 heterocycles. The van der Waals surface area contributed by atoms with Crippen LogP contribution >= 0.6 is 0 Å². The van der Waals surface area contributed by atoms with Crippen LogP contribution in [0.4, 0.5) is 0 Å². The number of rotatable bonds is 7. The first-order valence-corrected chi connectivity index (χ1v) is 9.39. The van der Waals surface area contributed by atoms with E-state index in [1.165, 1.54) is 21.6 Å². The molecule has 0 radical (unpaired) electrons. The second kappa shape index (κ2) is 9.15. The van der Waals surface area contributed by atoms with Gasteiger partial charge < -0.3 is 10.2 Å². The number of nitrogens with one attached hydrogen (secondary N) is 2. The van der Waals surface area contributed by atoms with Crippen molar-refractivity contribution in [2.45, 2.75) is 12.5 Å². The summed E-state index contributed by atoms with van der Waals surface area (Å²) in [6, 6.07) is 29.1. The lowest BCUT2D eigenvalue weighted by molar-refractivity contribution is -0.890. The van der Waals surface area contributed by atoms with Gasteiger partial charge in [0.1, 0.15) is 6.04 Å². The van der Waals surface area contributed by atoms with Crippen LogP contribution in [0, 0.1) is 0 Å². The van der Waals surface area contributed by atoms with Gasteiger partial charge in [-0.15, -0.1) is 0 Å². The fraction of sp³-hybridized carbons (Fsp3) is 0.208. The van der Waals surface area contributed by atoms with E-state index in [1.807, 2.05) is 48.5 Å². The minimum atomic E-state index is 0.0599. The Balaban J connectivity index is 1.57. The first kappa shape index (κ1) is 18.9. The zero-order valence-electron chi connectivity index (χ0n) is 16.0. The molecule has 1 amide bonds. The number of hydrogen-bond acceptors (Lipinski definition) is 1. The Kier molecular flexibility index (Phi) is 6.39. The monoisotopic (exact) mass is 359 g/mol. The molecule has 3 aromatic carbocycles. The number of quaternary nitrogens is 1. The van der Waals surface area contributed by atoms with Crippen LogP contribution in [0.3, 0.4) is 0 Å². The van der Waals surface area contributed by atoms with Gasteiger partial charge >= 0.3 is 0 Å². The second-order valence-corrected chi connectivity index (χ2v) is 7.08. The number of hydrogen-bond donors (Lipinski definition) is 2. The molecule has 2 N–H and O–H groups in total. The average molecular weight is 359 g/mol. The highest BCUT2D eigenvalue weighted by molar-refractivity contribution is 5.79. The molecule has 27 heavy (non-hydrogen) atoms. The zero-order valence-corrected chi connectivity index (χ0v) is 16.0. The van der Waals surface area contributed by atoms with Crippen LogP contribution in [0.15, 0.2) is 84.9 Å². The predicted octanol–water partition coefficient (Wildman–Crippen LogP) is 2.90. The predicted molar refractivity (Wildman–Crippen MR) is 111 cm³/mol. The lowest BCUT2D eigenvalue weighted by Gasteiger charge is -2.22. The van der Waals surface area contributed by atoms with Crippen molar-refractivity contribution >= 4 is 5.91 Å². The summed E-state index contributed by atoms with van der Waals surface area (Å²) in [5, 5.41) is 3.10. The number of amides is 1. The maximum atomic E-state index is 12.4. The van der Waals surface area contributed by atoms with E-state index in [9.17, 15) is 4.79 Å². The average Bonchev–Trinajstić information content (AvgIpc) is 2.70. The van der Waals surface area contributed by atoms with Gasteiger partial charge in [-0.1, -0.05) is 84.9 Å². The van der Waals surface area contributed by atoms with Crippen molar-refractivity contribution in [1.29, 1.82) is 0 Å². The van der Waals surface area contributed by atoms with Crippen molar-refractivity contribution in [3.05, 3.63) is 96.1 Å². The van der Waals surface area contributed by atoms with Gasteiger partial charge in [0.25, 0.3) is 0 Å². The standard InChI is InChI=1S/C24H26N2O/c1-26(2)23(22-11-7-4-8-12-22)18-25-24(27)17-19-13-15-21(16-14-19)20-9-5-3-6-10-20/h3-16,23H,17-18H2,1-2H3,(H,25,27)/p+1/t23-/m1/s1. The SMILES string of the molecule is C[NH+](C)[C@H](CNC(=O)Cc1ccc(-c2ccccc2)cc1)c1ccccc1. The molecule has 0 saturated carbocycles. The van der Waals surface area contributed by atoms with Gasteiger partial charge in [0.05, 0.1) is 27.1 Å². The Morgan fingerprint density at radius 2 is 1.37 bits per heavy atom. The van der Waals surface area contributed by atoms with E-state index in [0.717, 1.165) is 5.56 Å². The van der Waals surface area contributed by atoms with Crippen molar-refractivity contribution < 1.29 is 9.69 Å². The highest BCUT2D eigenvalue weighted by Crippen LogP contribution is 2.19. The molecule has 3 nitrogen and oxygen atoms in total. The fourth-order valence-corrected chi connectivity index (χ4v) is 3.25. The van der Waals surface area contributed by atoms with Crippen molar-refractivity contribution in [3.63, 3.8) is 0 Å². The van der Waals surface area contributed by atoms with E-state index >= 15 is 0 Å². The largest absolute Gasteiger partial charge is 0.349 e. The Morgan fingerprint density at radius 3 is 1.96 bits per heavy atom. The summed E-state index contributed by atoms with van der Waals surface area (Å²) >= 11 is 0. The van der Waals surface area contributed by atoms with Crippen LogP contribution in [0.25, 0.3) is 11.1 Å². The molecule has 1 atom stereocenters. The zero-order chi connectivity index (χ0) is 19.1. The molecule has 0 aliphatic heterocycles. The molecule has 3 heteroatoms. The van der Waals surface area contributed by atoms with E-state index in [1.54, 1.807) is 0 Å². The number of carbonyl (C=O) groups excluding carboxylic acids is 1. The van der Waals surface area contributed by atoms with Gasteiger partial charge in [0.2, 0.25) is 5.91 Å². The molecular weight excluding hydrogens is 332 g/mol. The third-order valence-corrected chi connectivity index (χ3v) is 4.83. The molecule has 0 unspecified atom stereocenters. The van der Waals surface area contributed by atoms with E-state index < -0.39 is 0 Å². The molecule has 3 aromatic rings. The van der Waals surface area contributed by atoms with Gasteiger partial charge in [-0.25, -0.2) is 0 Å². The maximum absolute atomic E-state index is 12.4. The Hall–Kier alpha value is -2.91. The van der Waals surface area contributed by atoms with E-state index in [4.69, 9.17) is 0 Å². The lowest BCUT2D eigenvalue weighted by atomic mass is 10.0. The Labute approximate surface area is 161 Å². The highest BCUT2D eigenvalue weighted by Gasteiger charge is 2.18. The molecule has 0 aromatic heterocycles. The Bertz CT molecular complexity index is 843. The molecule has 0 aliphatic rings. The minimum Gasteiger partial charge on any atom is -0.349 e. The Morgan fingerprint density at radius 1 is 0.815 bits per heavy atom. The van der Waals surface area contributed by atoms with Crippen LogP contribution in [0.1, 0.15) is 17.2 Å². The molecule has 0 aliphatic carbocycles. The van der Waals surface area contributed by atoms with Crippen molar-refractivity contribution in [1.82, 2.24) is 5.32 Å². The number of likely N-dealkylation sites (N-methyl/N-ethyl adjacent to an activating group) is 1. The van der Waals surface area contributed by atoms with Crippen LogP contribution in [-0.4, -0.2) is 26.5 Å². The molecule has 0 bridgehead atoms. The van der Waals surface area contributed by atoms with E-state index in [0.29, 0.717) is 13.0 Å². The van der Waals surface area contributed by atoms with Crippen molar-refractivity contribution in [2.75, 3.05) is 20.6 Å². The molecule has 138 valence electrons. The van der Waals surface area contributed by atoms with Crippen LogP contribution in [-0.2, 0) is 11.2 Å². The van der Waals surface area contributed by atoms with Crippen LogP contribution in [0.2, 0.25) is 0 Å². The highest BCUT2D eigenvalue weighted by atomic mass is 16.1. The molecular formula is C24H27N2O+. The third kappa shape index (κ3) is 5.28. The number of benzene rings is 3. The summed E-state index contributed by atoms with van der Waals surface area (Å²) in [5.74, 6) is 0.0599. The summed E-state index contributed by atoms with van der Waals surface area (Å²) in [6.07, 6.45) is 0.402. The van der Waals surface area contributed by atoms with Gasteiger partial charge in [-0.05, 0) is 16.7 Å². The second-order valence-electron chi connectivity index (χ2n) is 7.08. The van der Waals surface area contributed by atoms with Crippen LogP contribution in [0.5, 0.6) is 0 Å². The van der Waals surface area contributed by atoms with Gasteiger partial charge in [-0.3, -0.25) is 4.79 Å². The molecule has 0 saturated heterocycles. The smallest absolute Gasteiger partial charge is 0.224 e. The maximum Gasteiger partial charge on any atom is 0.224 e. The van der Waals surface area contributed by atoms with Crippen molar-refractivity contribution in [3.8, 4) is 11.1 Å². The summed E-state index contributed by atoms with van der Waals surface area (Å²) < 4.78 is 0. The third-order valence-electron chi connectivity index (χ3n) is 4.83. The summed E-state index contributed by atoms with van der Waals surface area (Å²) in [4.78, 5) is 13.7. The summed E-state index contributed by atoms with van der Waals surface area (Å²) in [5.41, 5.74) is 4.62. The van der Waals surface area contributed by atoms with E-state index in [2.05, 4.69) is 55.8 Å². The molecule has 0 spiro atoms. The van der Waals surface area contributed by atoms with E-state index in [-0.39, 0.29) is 11.9 Å². The van der Waals surface area contributed by atoms with Crippen molar-refractivity contribution in [2.24, 2.45) is 0 Å². The van der Waals surface area contributed by atoms with Gasteiger partial charge in [0, 0.05) is 5.56 Å². The first-order chi connectivity index (χ1) is 13.1. The normalized spacial score (nSPS) is 12.0. The summed E-state index contributed by atoms with van der Waals surface area (Å²) in [6.45, 7) is 0.632. The molecule has 0 fully saturated rings. The quantitative estimate of drug-likeness (QED) is 0.668. The van der Waals surface area contributed by atoms with Gasteiger partial charge in [0.15, 0.2) is 0 Å². The summed E-state index contributed by atoms with van der Waals surface area (Å²) in [7, 11) is 4.23. The first-order valence-electron chi connectivity index (χ1n) is 9.39. The van der Waals surface area contributed by atoms with Gasteiger partial charge in [-0.2, -0.15) is 0 Å². The molecule has 3 rings (SSSR count). The van der Waals surface area contributed by atoms with Crippen LogP contribution < -0.4 is 10.2 Å². The lowest BCUT2D eigenvalue weighted by Crippen LogP contribution is -3.07.